The lowest BCUT2D eigenvalue weighted by Gasteiger charge is -2.17. The first-order valence-electron chi connectivity index (χ1n) is 9.38. The highest BCUT2D eigenvalue weighted by Crippen LogP contribution is 2.37. The molecule has 1 N–H and O–H groups in total. The van der Waals surface area contributed by atoms with Crippen molar-refractivity contribution in [2.75, 3.05) is 0 Å². The highest BCUT2D eigenvalue weighted by Gasteiger charge is 2.39. The van der Waals surface area contributed by atoms with E-state index in [-0.39, 0.29) is 0 Å². The van der Waals surface area contributed by atoms with Crippen LogP contribution in [-0.4, -0.2) is 35.2 Å². The highest BCUT2D eigenvalue weighted by atomic mass is 32.2. The molecule has 32 heavy (non-hydrogen) atoms. The first-order valence-corrected chi connectivity index (χ1v) is 10.9. The summed E-state index contributed by atoms with van der Waals surface area (Å²) in [5.74, 6) is 0. The molecular weight excluding hydrogens is 443 g/mol. The summed E-state index contributed by atoms with van der Waals surface area (Å²) in [6, 6.07) is 4.25. The van der Waals surface area contributed by atoms with Gasteiger partial charge < -0.3 is 4.57 Å². The van der Waals surface area contributed by atoms with Crippen molar-refractivity contribution in [3.05, 3.63) is 60.1 Å². The van der Waals surface area contributed by atoms with E-state index < -0.39 is 27.1 Å². The minimum Gasteiger partial charge on any atom is -0.306 e. The fourth-order valence-corrected chi connectivity index (χ4v) is 4.46. The van der Waals surface area contributed by atoms with Crippen LogP contribution in [-0.2, 0) is 10.0 Å². The molecule has 0 aromatic carbocycles. The van der Waals surface area contributed by atoms with Gasteiger partial charge in [-0.2, -0.15) is 23.2 Å². The number of fused-ring (bicyclic) bond motifs is 1. The van der Waals surface area contributed by atoms with Crippen LogP contribution in [0.25, 0.3) is 28.0 Å². The van der Waals surface area contributed by atoms with Gasteiger partial charge in [-0.15, -0.1) is 0 Å². The maximum atomic E-state index is 12.8. The van der Waals surface area contributed by atoms with Gasteiger partial charge in [0.15, 0.2) is 0 Å². The van der Waals surface area contributed by atoms with Crippen LogP contribution >= 0.6 is 0 Å². The number of alkyl halides is 3. The van der Waals surface area contributed by atoms with E-state index in [4.69, 9.17) is 0 Å². The van der Waals surface area contributed by atoms with Gasteiger partial charge in [0.25, 0.3) is 0 Å². The Morgan fingerprint density at radius 3 is 2.47 bits per heavy atom. The highest BCUT2D eigenvalue weighted by molar-refractivity contribution is 7.89. The lowest BCUT2D eigenvalue weighted by atomic mass is 10.1. The van der Waals surface area contributed by atoms with Crippen LogP contribution < -0.4 is 4.72 Å². The summed E-state index contributed by atoms with van der Waals surface area (Å²) >= 11 is 0. The molecule has 1 atom stereocenters. The molecule has 1 aliphatic carbocycles. The maximum absolute atomic E-state index is 12.8. The lowest BCUT2D eigenvalue weighted by Crippen LogP contribution is -2.42. The predicted octanol–water partition coefficient (Wildman–Crippen LogP) is 3.92. The van der Waals surface area contributed by atoms with Gasteiger partial charge in [0, 0.05) is 29.2 Å². The number of nitrogens with zero attached hydrogens (tertiary/aromatic N) is 4. The zero-order chi connectivity index (χ0) is 23.3. The molecule has 0 bridgehead atoms. The third-order valence-corrected chi connectivity index (χ3v) is 6.53. The Balaban J connectivity index is 1.82. The second-order valence-electron chi connectivity index (χ2n) is 7.23. The standard InChI is InChI=1S/C21H16F3N5O2S/c1-12-8-19-17(11-26-12)16(9-25)20(29(19)14-4-3-5-14)18-7-6-15(10-27-18)32(30,31)28-13(2)21(22,23)24/h3-8,10-11,13,28H,1-2H3/t13-/m1/s1. The van der Waals surface area contributed by atoms with E-state index in [0.717, 1.165) is 29.2 Å². The Bertz CT molecular complexity index is 1430. The van der Waals surface area contributed by atoms with Crippen molar-refractivity contribution in [2.24, 2.45) is 0 Å². The number of nitrogens with one attached hydrogen (secondary N) is 1. The van der Waals surface area contributed by atoms with Gasteiger partial charge in [0.05, 0.1) is 22.5 Å². The van der Waals surface area contributed by atoms with Crippen LogP contribution in [0.5, 0.6) is 0 Å². The topological polar surface area (TPSA) is 101 Å². The molecule has 0 saturated carbocycles. The number of hydrogen-bond acceptors (Lipinski definition) is 5. The summed E-state index contributed by atoms with van der Waals surface area (Å²) in [7, 11) is -4.44. The molecular formula is C21H16F3N5O2S. The first kappa shape index (κ1) is 21.7. The van der Waals surface area contributed by atoms with Crippen molar-refractivity contribution < 1.29 is 21.6 Å². The molecule has 7 nitrogen and oxygen atoms in total. The van der Waals surface area contributed by atoms with E-state index in [1.54, 1.807) is 10.9 Å². The molecule has 0 radical (unpaired) electrons. The summed E-state index contributed by atoms with van der Waals surface area (Å²) in [5, 5.41) is 10.4. The monoisotopic (exact) mass is 459 g/mol. The minimum atomic E-state index is -4.72. The van der Waals surface area contributed by atoms with Crippen LogP contribution in [0.3, 0.4) is 0 Å². The van der Waals surface area contributed by atoms with Crippen molar-refractivity contribution >= 4 is 26.6 Å². The number of sulfonamides is 1. The zero-order valence-electron chi connectivity index (χ0n) is 16.8. The minimum absolute atomic E-state index is 0.291. The third kappa shape index (κ3) is 3.68. The first-order chi connectivity index (χ1) is 15.0. The van der Waals surface area contributed by atoms with Gasteiger partial charge in [0.2, 0.25) is 10.0 Å². The molecule has 0 saturated heterocycles. The lowest BCUT2D eigenvalue weighted by molar-refractivity contribution is -0.147. The summed E-state index contributed by atoms with van der Waals surface area (Å²) in [6.07, 6.45) is 3.37. The van der Waals surface area contributed by atoms with Crippen molar-refractivity contribution in [3.63, 3.8) is 0 Å². The molecule has 0 fully saturated rings. The number of aryl methyl sites for hydroxylation is 1. The van der Waals surface area contributed by atoms with E-state index in [0.29, 0.717) is 29.3 Å². The summed E-state index contributed by atoms with van der Waals surface area (Å²) in [4.78, 5) is 8.01. The van der Waals surface area contributed by atoms with E-state index in [1.165, 1.54) is 6.07 Å². The van der Waals surface area contributed by atoms with Gasteiger partial charge >= 0.3 is 6.18 Å². The largest absolute Gasteiger partial charge is 0.404 e. The average Bonchev–Trinajstić information content (AvgIpc) is 2.99. The van der Waals surface area contributed by atoms with Gasteiger partial charge in [-0.25, -0.2) is 8.42 Å². The summed E-state index contributed by atoms with van der Waals surface area (Å²) < 4.78 is 66.4. The Hall–Kier alpha value is -3.49. The third-order valence-electron chi connectivity index (χ3n) is 5.01. The average molecular weight is 459 g/mol. The quantitative estimate of drug-likeness (QED) is 0.623. The summed E-state index contributed by atoms with van der Waals surface area (Å²) in [5.41, 5.74) is 3.32. The number of halogens is 3. The molecule has 0 aliphatic heterocycles. The smallest absolute Gasteiger partial charge is 0.306 e. The maximum Gasteiger partial charge on any atom is 0.404 e. The van der Waals surface area contributed by atoms with Crippen molar-refractivity contribution in [1.29, 1.82) is 5.26 Å². The van der Waals surface area contributed by atoms with Crippen LogP contribution in [0.4, 0.5) is 13.2 Å². The van der Waals surface area contributed by atoms with Gasteiger partial charge in [-0.3, -0.25) is 9.97 Å². The Labute approximate surface area is 181 Å². The number of hydrogen-bond donors (Lipinski definition) is 1. The summed E-state index contributed by atoms with van der Waals surface area (Å²) in [6.45, 7) is 2.53. The number of allylic oxidation sites excluding steroid dienone is 4. The van der Waals surface area contributed by atoms with Gasteiger partial charge in [-0.1, -0.05) is 6.08 Å². The SMILES string of the molecule is Cc1cc2c(cn1)c(C#N)c(-c1ccc(S(=O)(=O)N[C@H](C)C(F)(F)F)cn1)n2C1=CC=C1. The molecule has 1 aliphatic rings. The molecule has 0 spiro atoms. The van der Waals surface area contributed by atoms with Crippen LogP contribution in [0, 0.1) is 18.3 Å². The van der Waals surface area contributed by atoms with Gasteiger partial charge in [0.1, 0.15) is 17.0 Å². The Kier molecular flexibility index (Phi) is 5.15. The van der Waals surface area contributed by atoms with E-state index in [1.807, 2.05) is 35.8 Å². The molecule has 3 heterocycles. The number of pyridine rings is 2. The number of aromatic nitrogens is 3. The predicted molar refractivity (Wildman–Crippen MR) is 112 cm³/mol. The van der Waals surface area contributed by atoms with E-state index >= 15 is 0 Å². The van der Waals surface area contributed by atoms with Crippen molar-refractivity contribution in [1.82, 2.24) is 19.3 Å². The van der Waals surface area contributed by atoms with Gasteiger partial charge in [-0.05, 0) is 44.2 Å². The normalized spacial score (nSPS) is 14.7. The Morgan fingerprint density at radius 1 is 1.22 bits per heavy atom. The molecule has 3 aromatic rings. The Morgan fingerprint density at radius 2 is 1.94 bits per heavy atom. The molecule has 11 heteroatoms. The van der Waals surface area contributed by atoms with Crippen LogP contribution in [0.2, 0.25) is 0 Å². The van der Waals surface area contributed by atoms with Crippen molar-refractivity contribution in [3.8, 4) is 17.5 Å². The molecule has 164 valence electrons. The number of nitriles is 1. The number of rotatable bonds is 5. The molecule has 3 aromatic heterocycles. The fourth-order valence-electron chi connectivity index (χ4n) is 3.29. The van der Waals surface area contributed by atoms with E-state index in [9.17, 15) is 26.9 Å². The molecule has 4 rings (SSSR count). The van der Waals surface area contributed by atoms with Crippen LogP contribution in [0.1, 0.15) is 18.2 Å². The zero-order valence-corrected chi connectivity index (χ0v) is 17.7. The molecule has 0 amide bonds. The van der Waals surface area contributed by atoms with Crippen molar-refractivity contribution in [2.45, 2.75) is 31.0 Å². The second-order valence-corrected chi connectivity index (χ2v) is 8.94. The van der Waals surface area contributed by atoms with Crippen LogP contribution in [0.15, 0.2) is 53.7 Å². The molecule has 0 unspecified atom stereocenters. The van der Waals surface area contributed by atoms with E-state index in [2.05, 4.69) is 16.0 Å². The second kappa shape index (κ2) is 7.58. The fraction of sp³-hybridized carbons (Fsp3) is 0.190.